The number of rotatable bonds is 3. The molecule has 1 aliphatic heterocycles. The van der Waals surface area contributed by atoms with E-state index in [4.69, 9.17) is 9.47 Å². The fourth-order valence-electron chi connectivity index (χ4n) is 3.86. The molecule has 1 N–H and O–H groups in total. The first kappa shape index (κ1) is 12.8. The minimum atomic E-state index is -0.922. The van der Waals surface area contributed by atoms with Crippen LogP contribution in [0.5, 0.6) is 0 Å². The minimum Gasteiger partial charge on any atom is -0.456 e. The summed E-state index contributed by atoms with van der Waals surface area (Å²) >= 11 is 0. The van der Waals surface area contributed by atoms with Gasteiger partial charge in [-0.3, -0.25) is 13.8 Å². The maximum absolute atomic E-state index is 11.8. The van der Waals surface area contributed by atoms with Crippen molar-refractivity contribution in [2.24, 2.45) is 17.8 Å². The van der Waals surface area contributed by atoms with Crippen molar-refractivity contribution in [3.8, 4) is 0 Å². The van der Waals surface area contributed by atoms with Gasteiger partial charge in [-0.05, 0) is 25.7 Å². The molecule has 7 atom stereocenters. The van der Waals surface area contributed by atoms with E-state index >= 15 is 0 Å². The van der Waals surface area contributed by atoms with E-state index in [2.05, 4.69) is 9.39 Å². The summed E-state index contributed by atoms with van der Waals surface area (Å²) < 4.78 is 11.6. The highest BCUT2D eigenvalue weighted by molar-refractivity contribution is 7.08. The van der Waals surface area contributed by atoms with Crippen LogP contribution >= 0.6 is 9.39 Å². The van der Waals surface area contributed by atoms with Gasteiger partial charge in [0.1, 0.15) is 11.7 Å². The Labute approximate surface area is 109 Å². The van der Waals surface area contributed by atoms with Crippen molar-refractivity contribution in [2.45, 2.75) is 37.9 Å². The number of hydrogen-bond acceptors (Lipinski definition) is 4. The van der Waals surface area contributed by atoms with E-state index in [0.717, 1.165) is 12.8 Å². The Kier molecular flexibility index (Phi) is 2.60. The molecule has 0 radical (unpaired) electrons. The first-order valence-electron chi connectivity index (χ1n) is 6.42. The van der Waals surface area contributed by atoms with E-state index in [0.29, 0.717) is 5.92 Å². The molecule has 3 rings (SSSR count). The van der Waals surface area contributed by atoms with Gasteiger partial charge in [-0.2, -0.15) is 0 Å². The standard InChI is InChI=1S/C12H21NO4P/c1-12-8-5-6(4-7(8)10(14)17-12)9(12)16-11(15)13(2,3)18/h6-9,11,15H,4-5,18H2,1-3H3/q+1. The zero-order valence-electron chi connectivity index (χ0n) is 11.0. The van der Waals surface area contributed by atoms with E-state index < -0.39 is 12.0 Å². The second-order valence-electron chi connectivity index (χ2n) is 6.56. The molecule has 1 heterocycles. The summed E-state index contributed by atoms with van der Waals surface area (Å²) in [5.74, 6) is 0.593. The van der Waals surface area contributed by atoms with Crippen LogP contribution in [-0.2, 0) is 14.3 Å². The molecule has 2 saturated carbocycles. The zero-order chi connectivity index (χ0) is 13.3. The quantitative estimate of drug-likeness (QED) is 0.462. The molecular formula is C12H21NO4P+. The molecule has 18 heavy (non-hydrogen) atoms. The highest BCUT2D eigenvalue weighted by Crippen LogP contribution is 2.61. The number of fused-ring (bicyclic) bond motifs is 1. The Bertz CT molecular complexity index is 396. The lowest BCUT2D eigenvalue weighted by molar-refractivity contribution is -0.848. The number of carbonyl (C=O) groups is 1. The first-order chi connectivity index (χ1) is 8.23. The molecule has 3 fully saturated rings. The monoisotopic (exact) mass is 274 g/mol. The Morgan fingerprint density at radius 1 is 1.56 bits per heavy atom. The average Bonchev–Trinajstić information content (AvgIpc) is 2.80. The van der Waals surface area contributed by atoms with E-state index in [-0.39, 0.29) is 28.2 Å². The molecule has 0 amide bonds. The third-order valence-corrected chi connectivity index (χ3v) is 5.04. The molecule has 7 unspecified atom stereocenters. The van der Waals surface area contributed by atoms with Crippen LogP contribution < -0.4 is 0 Å². The van der Waals surface area contributed by atoms with Crippen molar-refractivity contribution in [3.05, 3.63) is 0 Å². The van der Waals surface area contributed by atoms with Gasteiger partial charge in [0.15, 0.2) is 0 Å². The van der Waals surface area contributed by atoms with E-state index in [1.807, 2.05) is 21.0 Å². The van der Waals surface area contributed by atoms with Crippen LogP contribution in [0.3, 0.4) is 0 Å². The molecule has 1 saturated heterocycles. The van der Waals surface area contributed by atoms with Crippen LogP contribution in [0.25, 0.3) is 0 Å². The van der Waals surface area contributed by atoms with Gasteiger partial charge in [-0.15, -0.1) is 0 Å². The summed E-state index contributed by atoms with van der Waals surface area (Å²) in [7, 11) is 6.21. The molecule has 102 valence electrons. The second kappa shape index (κ2) is 3.66. The van der Waals surface area contributed by atoms with Crippen molar-refractivity contribution >= 4 is 15.4 Å². The van der Waals surface area contributed by atoms with Gasteiger partial charge >= 0.3 is 12.4 Å². The predicted octanol–water partition coefficient (Wildman–Crippen LogP) is 0.485. The second-order valence-corrected chi connectivity index (χ2v) is 7.89. The van der Waals surface area contributed by atoms with Gasteiger partial charge in [0.25, 0.3) is 0 Å². The number of ether oxygens (including phenoxy) is 2. The van der Waals surface area contributed by atoms with Crippen molar-refractivity contribution in [3.63, 3.8) is 0 Å². The molecule has 5 nitrogen and oxygen atoms in total. The van der Waals surface area contributed by atoms with Crippen LogP contribution in [0.4, 0.5) is 0 Å². The van der Waals surface area contributed by atoms with Crippen LogP contribution in [-0.4, -0.2) is 47.5 Å². The number of quaternary nitrogens is 1. The van der Waals surface area contributed by atoms with Crippen LogP contribution in [0.1, 0.15) is 19.8 Å². The molecule has 0 aromatic heterocycles. The largest absolute Gasteiger partial charge is 0.456 e. The molecule has 0 aromatic rings. The lowest BCUT2D eigenvalue weighted by atomic mass is 9.79. The Balaban J connectivity index is 1.81. The lowest BCUT2D eigenvalue weighted by Gasteiger charge is -2.38. The van der Waals surface area contributed by atoms with Gasteiger partial charge in [0.2, 0.25) is 0 Å². The normalized spacial score (nSPS) is 47.5. The van der Waals surface area contributed by atoms with Gasteiger partial charge in [0.05, 0.1) is 29.4 Å². The zero-order valence-corrected chi connectivity index (χ0v) is 12.2. The van der Waals surface area contributed by atoms with Crippen LogP contribution in [0, 0.1) is 17.8 Å². The third kappa shape index (κ3) is 1.58. The fourth-order valence-corrected chi connectivity index (χ4v) is 3.93. The van der Waals surface area contributed by atoms with Gasteiger partial charge in [-0.1, -0.05) is 0 Å². The van der Waals surface area contributed by atoms with E-state index in [1.54, 1.807) is 0 Å². The average molecular weight is 274 g/mol. The maximum Gasteiger partial charge on any atom is 0.310 e. The van der Waals surface area contributed by atoms with Crippen molar-refractivity contribution in [2.75, 3.05) is 14.1 Å². The van der Waals surface area contributed by atoms with Crippen molar-refractivity contribution in [1.29, 1.82) is 0 Å². The molecule has 3 aliphatic rings. The summed E-state index contributed by atoms with van der Waals surface area (Å²) in [5.41, 5.74) is -0.536. The van der Waals surface area contributed by atoms with Crippen LogP contribution in [0.15, 0.2) is 0 Å². The molecule has 2 aliphatic carbocycles. The highest BCUT2D eigenvalue weighted by atomic mass is 31.0. The smallest absolute Gasteiger partial charge is 0.310 e. The minimum absolute atomic E-state index is 0.0653. The Hall–Kier alpha value is -0.220. The van der Waals surface area contributed by atoms with Crippen LogP contribution in [0.2, 0.25) is 0 Å². The van der Waals surface area contributed by atoms with Gasteiger partial charge in [0, 0.05) is 5.92 Å². The first-order valence-corrected chi connectivity index (χ1v) is 6.93. The molecular weight excluding hydrogens is 253 g/mol. The van der Waals surface area contributed by atoms with Gasteiger partial charge < -0.3 is 9.84 Å². The fraction of sp³-hybridized carbons (Fsp3) is 0.917. The molecule has 2 bridgehead atoms. The molecule has 0 spiro atoms. The molecule has 0 aromatic carbocycles. The third-order valence-electron chi connectivity index (χ3n) is 4.79. The highest BCUT2D eigenvalue weighted by Gasteiger charge is 2.69. The Morgan fingerprint density at radius 3 is 2.83 bits per heavy atom. The summed E-state index contributed by atoms with van der Waals surface area (Å²) in [6.45, 7) is 1.95. The van der Waals surface area contributed by atoms with Crippen molar-refractivity contribution < 1.29 is 23.6 Å². The number of nitrogens with zero attached hydrogens (tertiary/aromatic N) is 1. The maximum atomic E-state index is 11.8. The van der Waals surface area contributed by atoms with Crippen molar-refractivity contribution in [1.82, 2.24) is 0 Å². The summed E-state index contributed by atoms with van der Waals surface area (Å²) in [4.78, 5) is 11.8. The van der Waals surface area contributed by atoms with E-state index in [9.17, 15) is 9.90 Å². The predicted molar refractivity (Wildman–Crippen MR) is 66.9 cm³/mol. The SMILES string of the molecule is CC12OC(=O)C3CC(CC31)C2OC(O)[N+](C)(C)P. The lowest BCUT2D eigenvalue weighted by Crippen LogP contribution is -2.51. The van der Waals surface area contributed by atoms with E-state index in [1.165, 1.54) is 0 Å². The Morgan fingerprint density at radius 2 is 2.22 bits per heavy atom. The van der Waals surface area contributed by atoms with Gasteiger partial charge in [-0.25, -0.2) is 0 Å². The number of hydrogen-bond donors (Lipinski definition) is 1. The number of esters is 1. The number of aliphatic hydroxyl groups is 1. The number of carbonyl (C=O) groups excluding carboxylic acids is 1. The summed E-state index contributed by atoms with van der Waals surface area (Å²) in [6.07, 6.45) is 0.724. The summed E-state index contributed by atoms with van der Waals surface area (Å²) in [6, 6.07) is 0. The number of aliphatic hydroxyl groups excluding tert-OH is 1. The topological polar surface area (TPSA) is 55.8 Å². The summed E-state index contributed by atoms with van der Waals surface area (Å²) in [5, 5.41) is 10.1. The molecule has 6 heteroatoms.